The molecule has 1 aromatic heterocycles. The van der Waals surface area contributed by atoms with E-state index in [-0.39, 0.29) is 18.3 Å². The number of amides is 1. The van der Waals surface area contributed by atoms with Gasteiger partial charge in [0.15, 0.2) is 0 Å². The van der Waals surface area contributed by atoms with E-state index in [1.165, 1.54) is 0 Å². The third-order valence-electron chi connectivity index (χ3n) is 2.76. The van der Waals surface area contributed by atoms with Crippen LogP contribution in [-0.4, -0.2) is 12.5 Å². The molecule has 5 heteroatoms. The van der Waals surface area contributed by atoms with Crippen LogP contribution in [0.1, 0.15) is 17.7 Å². The lowest BCUT2D eigenvalue weighted by Gasteiger charge is -2.02. The molecule has 18 heavy (non-hydrogen) atoms. The zero-order valence-electron chi connectivity index (χ0n) is 10.2. The maximum Gasteiger partial charge on any atom is 0.221 e. The standard InChI is InChI=1S/C13H16N2O2.ClH/c1-9-10-4-2-3-5-11(10)17-12(9)8-15-13(16)6-7-14;/h2-5H,6-8,14H2,1H3,(H,15,16);1H. The van der Waals surface area contributed by atoms with Crippen LogP contribution >= 0.6 is 12.4 Å². The van der Waals surface area contributed by atoms with Gasteiger partial charge in [0, 0.05) is 23.9 Å². The van der Waals surface area contributed by atoms with Crippen LogP contribution in [0.25, 0.3) is 11.0 Å². The van der Waals surface area contributed by atoms with Crippen LogP contribution in [0.15, 0.2) is 28.7 Å². The zero-order valence-corrected chi connectivity index (χ0v) is 11.0. The van der Waals surface area contributed by atoms with Crippen molar-refractivity contribution in [1.29, 1.82) is 0 Å². The highest BCUT2D eigenvalue weighted by molar-refractivity contribution is 5.85. The van der Waals surface area contributed by atoms with E-state index in [2.05, 4.69) is 5.32 Å². The first-order chi connectivity index (χ1) is 8.22. The van der Waals surface area contributed by atoms with Crippen molar-refractivity contribution in [1.82, 2.24) is 5.32 Å². The maximum absolute atomic E-state index is 11.3. The number of rotatable bonds is 4. The van der Waals surface area contributed by atoms with Crippen LogP contribution in [0.4, 0.5) is 0 Å². The van der Waals surface area contributed by atoms with Crippen molar-refractivity contribution in [3.63, 3.8) is 0 Å². The van der Waals surface area contributed by atoms with E-state index in [0.717, 1.165) is 22.3 Å². The lowest BCUT2D eigenvalue weighted by atomic mass is 10.1. The SMILES string of the molecule is Cc1c(CNC(=O)CCN)oc2ccccc12.Cl. The summed E-state index contributed by atoms with van der Waals surface area (Å²) in [6.07, 6.45) is 0.347. The van der Waals surface area contributed by atoms with Gasteiger partial charge in [0.1, 0.15) is 11.3 Å². The first kappa shape index (κ1) is 14.5. The fourth-order valence-electron chi connectivity index (χ4n) is 1.79. The van der Waals surface area contributed by atoms with Gasteiger partial charge < -0.3 is 15.5 Å². The molecule has 0 spiro atoms. The highest BCUT2D eigenvalue weighted by Gasteiger charge is 2.10. The van der Waals surface area contributed by atoms with Crippen molar-refractivity contribution < 1.29 is 9.21 Å². The monoisotopic (exact) mass is 268 g/mol. The predicted molar refractivity (Wildman–Crippen MR) is 73.7 cm³/mol. The zero-order chi connectivity index (χ0) is 12.3. The lowest BCUT2D eigenvalue weighted by Crippen LogP contribution is -2.25. The molecule has 0 fully saturated rings. The highest BCUT2D eigenvalue weighted by Crippen LogP contribution is 2.24. The number of fused-ring (bicyclic) bond motifs is 1. The molecule has 3 N–H and O–H groups in total. The van der Waals surface area contributed by atoms with Crippen molar-refractivity contribution in [3.05, 3.63) is 35.6 Å². The normalized spacial score (nSPS) is 10.1. The molecule has 4 nitrogen and oxygen atoms in total. The average Bonchev–Trinajstić information content (AvgIpc) is 2.65. The first-order valence-corrected chi connectivity index (χ1v) is 5.66. The molecule has 0 saturated carbocycles. The topological polar surface area (TPSA) is 68.3 Å². The number of aryl methyl sites for hydroxylation is 1. The highest BCUT2D eigenvalue weighted by atomic mass is 35.5. The third kappa shape index (κ3) is 3.03. The van der Waals surface area contributed by atoms with Crippen LogP contribution < -0.4 is 11.1 Å². The molecule has 0 aliphatic heterocycles. The largest absolute Gasteiger partial charge is 0.459 e. The number of carbonyl (C=O) groups is 1. The van der Waals surface area contributed by atoms with Gasteiger partial charge in [-0.25, -0.2) is 0 Å². The van der Waals surface area contributed by atoms with Crippen molar-refractivity contribution in [2.24, 2.45) is 5.73 Å². The van der Waals surface area contributed by atoms with Gasteiger partial charge in [-0.3, -0.25) is 4.79 Å². The Labute approximate surface area is 112 Å². The van der Waals surface area contributed by atoms with Crippen LogP contribution in [-0.2, 0) is 11.3 Å². The van der Waals surface area contributed by atoms with E-state index in [1.54, 1.807) is 0 Å². The van der Waals surface area contributed by atoms with Gasteiger partial charge in [-0.05, 0) is 13.0 Å². The van der Waals surface area contributed by atoms with Gasteiger partial charge in [0.25, 0.3) is 0 Å². The quantitative estimate of drug-likeness (QED) is 0.893. The Bertz CT molecular complexity index is 537. The molecular weight excluding hydrogens is 252 g/mol. The Hall–Kier alpha value is -1.52. The number of hydrogen-bond donors (Lipinski definition) is 2. The van der Waals surface area contributed by atoms with E-state index < -0.39 is 0 Å². The summed E-state index contributed by atoms with van der Waals surface area (Å²) in [5.41, 5.74) is 7.24. The molecule has 0 bridgehead atoms. The second kappa shape index (κ2) is 6.42. The predicted octanol–water partition coefficient (Wildman–Crippen LogP) is 2.13. The Morgan fingerprint density at radius 1 is 1.39 bits per heavy atom. The van der Waals surface area contributed by atoms with Crippen molar-refractivity contribution >= 4 is 29.3 Å². The molecule has 1 heterocycles. The number of furan rings is 1. The molecule has 0 aliphatic rings. The minimum absolute atomic E-state index is 0. The molecule has 98 valence electrons. The molecule has 0 unspecified atom stereocenters. The minimum Gasteiger partial charge on any atom is -0.459 e. The Balaban J connectivity index is 0.00000162. The van der Waals surface area contributed by atoms with Gasteiger partial charge in [-0.2, -0.15) is 0 Å². The summed E-state index contributed by atoms with van der Waals surface area (Å²) in [6.45, 7) is 2.78. The Morgan fingerprint density at radius 3 is 2.78 bits per heavy atom. The van der Waals surface area contributed by atoms with E-state index in [1.807, 2.05) is 31.2 Å². The number of halogens is 1. The number of hydrogen-bond acceptors (Lipinski definition) is 3. The van der Waals surface area contributed by atoms with Crippen LogP contribution in [0, 0.1) is 6.92 Å². The summed E-state index contributed by atoms with van der Waals surface area (Å²) in [7, 11) is 0. The number of carbonyl (C=O) groups excluding carboxylic acids is 1. The summed E-state index contributed by atoms with van der Waals surface area (Å²) in [6, 6.07) is 7.84. The number of nitrogens with one attached hydrogen (secondary N) is 1. The van der Waals surface area contributed by atoms with Crippen LogP contribution in [0.5, 0.6) is 0 Å². The number of para-hydroxylation sites is 1. The second-order valence-corrected chi connectivity index (χ2v) is 3.96. The number of nitrogens with two attached hydrogens (primary N) is 1. The van der Waals surface area contributed by atoms with Gasteiger partial charge in [-0.1, -0.05) is 18.2 Å². The summed E-state index contributed by atoms with van der Waals surface area (Å²) >= 11 is 0. The third-order valence-corrected chi connectivity index (χ3v) is 2.76. The maximum atomic E-state index is 11.3. The van der Waals surface area contributed by atoms with Crippen LogP contribution in [0.3, 0.4) is 0 Å². The Kier molecular flexibility index (Phi) is 5.19. The molecule has 2 aromatic rings. The molecule has 0 radical (unpaired) electrons. The fraction of sp³-hybridized carbons (Fsp3) is 0.308. The van der Waals surface area contributed by atoms with E-state index in [0.29, 0.717) is 19.5 Å². The minimum atomic E-state index is -0.0487. The molecule has 0 saturated heterocycles. The molecule has 0 aliphatic carbocycles. The summed E-state index contributed by atoms with van der Waals surface area (Å²) in [4.78, 5) is 11.3. The van der Waals surface area contributed by atoms with Gasteiger partial charge in [0.2, 0.25) is 5.91 Å². The summed E-state index contributed by atoms with van der Waals surface area (Å²) in [5.74, 6) is 0.754. The molecule has 0 atom stereocenters. The van der Waals surface area contributed by atoms with E-state index >= 15 is 0 Å². The van der Waals surface area contributed by atoms with Crippen molar-refractivity contribution in [2.75, 3.05) is 6.54 Å². The van der Waals surface area contributed by atoms with Gasteiger partial charge in [0.05, 0.1) is 6.54 Å². The van der Waals surface area contributed by atoms with E-state index in [9.17, 15) is 4.79 Å². The summed E-state index contributed by atoms with van der Waals surface area (Å²) in [5, 5.41) is 3.88. The molecule has 1 aromatic carbocycles. The van der Waals surface area contributed by atoms with E-state index in [4.69, 9.17) is 10.2 Å². The lowest BCUT2D eigenvalue weighted by molar-refractivity contribution is -0.121. The Morgan fingerprint density at radius 2 is 2.11 bits per heavy atom. The molecule has 2 rings (SSSR count). The fourth-order valence-corrected chi connectivity index (χ4v) is 1.79. The van der Waals surface area contributed by atoms with Crippen molar-refractivity contribution in [3.8, 4) is 0 Å². The first-order valence-electron chi connectivity index (χ1n) is 5.66. The number of benzene rings is 1. The molecular formula is C13H17ClN2O2. The average molecular weight is 269 g/mol. The second-order valence-electron chi connectivity index (χ2n) is 3.96. The molecule has 1 amide bonds. The van der Waals surface area contributed by atoms with Gasteiger partial charge in [-0.15, -0.1) is 12.4 Å². The summed E-state index contributed by atoms with van der Waals surface area (Å²) < 4.78 is 5.68. The van der Waals surface area contributed by atoms with Crippen molar-refractivity contribution in [2.45, 2.75) is 19.9 Å². The van der Waals surface area contributed by atoms with Crippen LogP contribution in [0.2, 0.25) is 0 Å². The van der Waals surface area contributed by atoms with Gasteiger partial charge >= 0.3 is 0 Å². The smallest absolute Gasteiger partial charge is 0.221 e.